The van der Waals surface area contributed by atoms with Gasteiger partial charge in [-0.25, -0.2) is 8.42 Å². The summed E-state index contributed by atoms with van der Waals surface area (Å²) in [5.41, 5.74) is 1.09. The summed E-state index contributed by atoms with van der Waals surface area (Å²) in [6.07, 6.45) is 3.15. The van der Waals surface area contributed by atoms with Gasteiger partial charge in [0.2, 0.25) is 0 Å². The Kier molecular flexibility index (Phi) is 10.6. The maximum absolute atomic E-state index is 11.5. The first-order chi connectivity index (χ1) is 12.4. The molecule has 1 aliphatic heterocycles. The van der Waals surface area contributed by atoms with E-state index in [1.165, 1.54) is 6.26 Å². The first-order valence-electron chi connectivity index (χ1n) is 9.34. The second kappa shape index (κ2) is 11.9. The highest BCUT2D eigenvalue weighted by molar-refractivity contribution is 14.0. The summed E-state index contributed by atoms with van der Waals surface area (Å²) in [5, 5.41) is 3.37. The van der Waals surface area contributed by atoms with E-state index in [2.05, 4.69) is 17.1 Å². The fraction of sp³-hybridized carbons (Fsp3) is 0.632. The van der Waals surface area contributed by atoms with Crippen molar-refractivity contribution in [3.05, 3.63) is 29.8 Å². The van der Waals surface area contributed by atoms with Crippen LogP contribution in [0.1, 0.15) is 25.8 Å². The van der Waals surface area contributed by atoms with Crippen LogP contribution in [0.2, 0.25) is 0 Å². The molecule has 6 nitrogen and oxygen atoms in total. The minimum Gasteiger partial charge on any atom is -0.381 e. The molecule has 1 heterocycles. The van der Waals surface area contributed by atoms with Crippen molar-refractivity contribution in [3.8, 4) is 0 Å². The molecule has 1 aliphatic rings. The number of nitrogens with one attached hydrogen (secondary N) is 1. The Morgan fingerprint density at radius 1 is 1.30 bits per heavy atom. The number of hydrogen-bond donors (Lipinski definition) is 1. The zero-order chi connectivity index (χ0) is 19.0. The highest BCUT2D eigenvalue weighted by atomic mass is 127. The van der Waals surface area contributed by atoms with Gasteiger partial charge in [0, 0.05) is 45.0 Å². The van der Waals surface area contributed by atoms with Gasteiger partial charge in [-0.05, 0) is 44.4 Å². The smallest absolute Gasteiger partial charge is 0.193 e. The average Bonchev–Trinajstić information content (AvgIpc) is 3.07. The third-order valence-corrected chi connectivity index (χ3v) is 5.62. The van der Waals surface area contributed by atoms with Gasteiger partial charge in [0.25, 0.3) is 0 Å². The monoisotopic (exact) mass is 509 g/mol. The van der Waals surface area contributed by atoms with Crippen LogP contribution in [0.4, 0.5) is 0 Å². The zero-order valence-electron chi connectivity index (χ0n) is 16.5. The van der Waals surface area contributed by atoms with E-state index in [4.69, 9.17) is 9.73 Å². The fourth-order valence-electron chi connectivity index (χ4n) is 3.07. The summed E-state index contributed by atoms with van der Waals surface area (Å²) in [4.78, 5) is 7.41. The average molecular weight is 509 g/mol. The van der Waals surface area contributed by atoms with E-state index in [0.29, 0.717) is 17.4 Å². The topological polar surface area (TPSA) is 71.0 Å². The Morgan fingerprint density at radius 3 is 2.59 bits per heavy atom. The predicted octanol–water partition coefficient (Wildman–Crippen LogP) is 2.57. The Morgan fingerprint density at radius 2 is 2.00 bits per heavy atom. The molecule has 27 heavy (non-hydrogen) atoms. The summed E-state index contributed by atoms with van der Waals surface area (Å²) in [7, 11) is -3.14. The molecule has 1 aromatic carbocycles. The maximum atomic E-state index is 11.5. The Labute approximate surface area is 180 Å². The lowest BCUT2D eigenvalue weighted by molar-refractivity contribution is 0.114. The molecular formula is C19H32IN3O3S. The minimum absolute atomic E-state index is 0. The zero-order valence-corrected chi connectivity index (χ0v) is 19.6. The van der Waals surface area contributed by atoms with Crippen molar-refractivity contribution in [2.24, 2.45) is 10.9 Å². The van der Waals surface area contributed by atoms with Gasteiger partial charge < -0.3 is 15.0 Å². The van der Waals surface area contributed by atoms with Gasteiger partial charge in [-0.2, -0.15) is 0 Å². The number of rotatable bonds is 8. The molecular weight excluding hydrogens is 477 g/mol. The van der Waals surface area contributed by atoms with Gasteiger partial charge in [-0.15, -0.1) is 24.0 Å². The van der Waals surface area contributed by atoms with E-state index in [9.17, 15) is 8.42 Å². The molecule has 1 N–H and O–H groups in total. The number of halogens is 1. The Hall–Kier alpha value is -0.870. The fourth-order valence-corrected chi connectivity index (χ4v) is 3.70. The highest BCUT2D eigenvalue weighted by Gasteiger charge is 2.24. The third kappa shape index (κ3) is 7.95. The van der Waals surface area contributed by atoms with Crippen LogP contribution >= 0.6 is 24.0 Å². The predicted molar refractivity (Wildman–Crippen MR) is 121 cm³/mol. The van der Waals surface area contributed by atoms with E-state index < -0.39 is 9.84 Å². The summed E-state index contributed by atoms with van der Waals surface area (Å²) < 4.78 is 28.6. The number of guanidine groups is 1. The number of hydrogen-bond acceptors (Lipinski definition) is 4. The number of nitrogens with zero attached hydrogens (tertiary/aromatic N) is 2. The first-order valence-corrected chi connectivity index (χ1v) is 11.2. The van der Waals surface area contributed by atoms with Crippen LogP contribution in [0.5, 0.6) is 0 Å². The molecule has 2 rings (SSSR count). The van der Waals surface area contributed by atoms with Crippen molar-refractivity contribution in [1.82, 2.24) is 10.2 Å². The van der Waals surface area contributed by atoms with Crippen LogP contribution in [0.25, 0.3) is 0 Å². The third-order valence-electron chi connectivity index (χ3n) is 4.49. The second-order valence-electron chi connectivity index (χ2n) is 6.66. The molecule has 0 aliphatic carbocycles. The number of ether oxygens (including phenoxy) is 1. The molecule has 0 spiro atoms. The largest absolute Gasteiger partial charge is 0.381 e. The lowest BCUT2D eigenvalue weighted by atomic mass is 10.1. The van der Waals surface area contributed by atoms with Gasteiger partial charge >= 0.3 is 0 Å². The molecule has 0 radical (unpaired) electrons. The molecule has 1 saturated heterocycles. The molecule has 1 fully saturated rings. The van der Waals surface area contributed by atoms with Crippen molar-refractivity contribution in [3.63, 3.8) is 0 Å². The minimum atomic E-state index is -3.14. The van der Waals surface area contributed by atoms with Crippen molar-refractivity contribution in [1.29, 1.82) is 0 Å². The molecule has 0 amide bonds. The molecule has 0 saturated carbocycles. The normalized spacial score (nSPS) is 17.7. The van der Waals surface area contributed by atoms with Crippen molar-refractivity contribution in [2.75, 3.05) is 45.6 Å². The van der Waals surface area contributed by atoms with Crippen LogP contribution in [-0.4, -0.2) is 64.9 Å². The summed E-state index contributed by atoms with van der Waals surface area (Å²) in [6.45, 7) is 9.19. The highest BCUT2D eigenvalue weighted by Crippen LogP contribution is 2.17. The van der Waals surface area contributed by atoms with Crippen LogP contribution < -0.4 is 5.32 Å². The van der Waals surface area contributed by atoms with Crippen LogP contribution in [-0.2, 0) is 21.0 Å². The lowest BCUT2D eigenvalue weighted by Crippen LogP contribution is -2.40. The van der Waals surface area contributed by atoms with Crippen molar-refractivity contribution in [2.45, 2.75) is 31.6 Å². The summed E-state index contributed by atoms with van der Waals surface area (Å²) >= 11 is 0. The first kappa shape index (κ1) is 24.2. The van der Waals surface area contributed by atoms with Crippen LogP contribution in [0.3, 0.4) is 0 Å². The molecule has 1 aromatic rings. The lowest BCUT2D eigenvalue weighted by Gasteiger charge is -2.21. The van der Waals surface area contributed by atoms with E-state index in [0.717, 1.165) is 57.2 Å². The number of likely N-dealkylation sites (tertiary alicyclic amines) is 1. The number of sulfone groups is 1. The van der Waals surface area contributed by atoms with Gasteiger partial charge in [-0.1, -0.05) is 12.1 Å². The summed E-state index contributed by atoms with van der Waals surface area (Å²) in [5.74, 6) is 1.53. The Balaban J connectivity index is 0.00000364. The van der Waals surface area contributed by atoms with E-state index in [1.807, 2.05) is 19.1 Å². The molecule has 0 aromatic heterocycles. The molecule has 154 valence electrons. The maximum Gasteiger partial charge on any atom is 0.193 e. The van der Waals surface area contributed by atoms with Gasteiger partial charge in [0.1, 0.15) is 0 Å². The van der Waals surface area contributed by atoms with Crippen molar-refractivity contribution >= 4 is 39.8 Å². The molecule has 8 heteroatoms. The van der Waals surface area contributed by atoms with Crippen molar-refractivity contribution < 1.29 is 13.2 Å². The SMILES string of the molecule is CCNC(=NCCc1ccc(S(C)(=O)=O)cc1)N1CCC(COCC)C1.I. The summed E-state index contributed by atoms with van der Waals surface area (Å²) in [6, 6.07) is 7.07. The number of benzene rings is 1. The van der Waals surface area contributed by atoms with E-state index in [1.54, 1.807) is 12.1 Å². The number of aliphatic imine (C=N–C) groups is 1. The van der Waals surface area contributed by atoms with E-state index in [-0.39, 0.29) is 24.0 Å². The quantitative estimate of drug-likeness (QED) is 0.332. The molecule has 0 bridgehead atoms. The Bertz CT molecular complexity index is 693. The van der Waals surface area contributed by atoms with Gasteiger partial charge in [0.05, 0.1) is 11.5 Å². The van der Waals surface area contributed by atoms with Crippen LogP contribution in [0.15, 0.2) is 34.2 Å². The van der Waals surface area contributed by atoms with Gasteiger partial charge in [0.15, 0.2) is 15.8 Å². The standard InChI is InChI=1S/C19H31N3O3S.HI/c1-4-20-19(22-13-11-17(14-22)15-25-5-2)21-12-10-16-6-8-18(9-7-16)26(3,23)24;/h6-9,17H,4-5,10-15H2,1-3H3,(H,20,21);1H. The molecule has 1 atom stereocenters. The second-order valence-corrected chi connectivity index (χ2v) is 8.68. The van der Waals surface area contributed by atoms with Crippen LogP contribution in [0, 0.1) is 5.92 Å². The van der Waals surface area contributed by atoms with E-state index >= 15 is 0 Å². The van der Waals surface area contributed by atoms with Gasteiger partial charge in [-0.3, -0.25) is 4.99 Å². The molecule has 1 unspecified atom stereocenters.